The minimum absolute atomic E-state index is 0.771. The quantitative estimate of drug-likeness (QED) is 0.730. The number of hydrogen-bond donors (Lipinski definition) is 0. The number of methoxy groups -OCH3 is 1. The van der Waals surface area contributed by atoms with Crippen LogP contribution in [-0.2, 0) is 0 Å². The summed E-state index contributed by atoms with van der Waals surface area (Å²) in [6, 6.07) is 11.7. The Morgan fingerprint density at radius 3 is 2.61 bits per heavy atom. The fraction of sp³-hybridized carbons (Fsp3) is 0.0769. The van der Waals surface area contributed by atoms with Gasteiger partial charge in [-0.2, -0.15) is 0 Å². The van der Waals surface area contributed by atoms with Crippen molar-refractivity contribution >= 4 is 21.6 Å². The second-order valence-corrected chi connectivity index (χ2v) is 4.74. The van der Waals surface area contributed by atoms with Gasteiger partial charge in [0.25, 0.3) is 0 Å². The first kappa shape index (κ1) is 11.2. The first-order chi connectivity index (χ1) is 8.78. The number of aromatic nitrogens is 3. The Balaban J connectivity index is 2.15. The highest BCUT2D eigenvalue weighted by molar-refractivity contribution is 9.10. The molecule has 0 fully saturated rings. The van der Waals surface area contributed by atoms with E-state index in [9.17, 15) is 0 Å². The summed E-state index contributed by atoms with van der Waals surface area (Å²) in [6.07, 6.45) is 1.91. The molecular formula is C13H10BrN3O. The predicted molar refractivity (Wildman–Crippen MR) is 72.7 cm³/mol. The maximum atomic E-state index is 5.17. The standard InChI is InChI=1S/C13H10BrN3O/c1-18-11-6-7-17-12(8-11)15-16-13(17)9-2-4-10(14)5-3-9/h2-8H,1H3. The van der Waals surface area contributed by atoms with Crippen LogP contribution in [0, 0.1) is 0 Å². The summed E-state index contributed by atoms with van der Waals surface area (Å²) in [5, 5.41) is 8.36. The highest BCUT2D eigenvalue weighted by atomic mass is 79.9. The Labute approximate surface area is 112 Å². The van der Waals surface area contributed by atoms with Gasteiger partial charge in [-0.3, -0.25) is 4.40 Å². The van der Waals surface area contributed by atoms with Crippen LogP contribution in [0.1, 0.15) is 0 Å². The molecule has 4 nitrogen and oxygen atoms in total. The molecule has 3 aromatic rings. The molecule has 18 heavy (non-hydrogen) atoms. The number of pyridine rings is 1. The molecule has 90 valence electrons. The van der Waals surface area contributed by atoms with E-state index < -0.39 is 0 Å². The Bertz CT molecular complexity index is 691. The average molecular weight is 304 g/mol. The number of rotatable bonds is 2. The fourth-order valence-electron chi connectivity index (χ4n) is 1.79. The van der Waals surface area contributed by atoms with Crippen molar-refractivity contribution in [3.63, 3.8) is 0 Å². The van der Waals surface area contributed by atoms with Crippen molar-refractivity contribution in [3.8, 4) is 17.1 Å². The molecule has 0 atom stereocenters. The van der Waals surface area contributed by atoms with E-state index in [1.807, 2.05) is 47.0 Å². The summed E-state index contributed by atoms with van der Waals surface area (Å²) in [4.78, 5) is 0. The van der Waals surface area contributed by atoms with E-state index in [-0.39, 0.29) is 0 Å². The third-order valence-electron chi connectivity index (χ3n) is 2.72. The van der Waals surface area contributed by atoms with Crippen LogP contribution < -0.4 is 4.74 Å². The Hall–Kier alpha value is -1.88. The zero-order valence-corrected chi connectivity index (χ0v) is 11.3. The summed E-state index contributed by atoms with van der Waals surface area (Å²) in [6.45, 7) is 0. The number of hydrogen-bond acceptors (Lipinski definition) is 3. The van der Waals surface area contributed by atoms with Gasteiger partial charge in [0.05, 0.1) is 7.11 Å². The molecule has 0 saturated heterocycles. The van der Waals surface area contributed by atoms with Crippen molar-refractivity contribution in [2.75, 3.05) is 7.11 Å². The van der Waals surface area contributed by atoms with Crippen molar-refractivity contribution in [1.29, 1.82) is 0 Å². The van der Waals surface area contributed by atoms with Crippen LogP contribution in [0.15, 0.2) is 47.1 Å². The molecule has 5 heteroatoms. The van der Waals surface area contributed by atoms with E-state index in [2.05, 4.69) is 26.1 Å². The molecule has 0 aliphatic carbocycles. The first-order valence-corrected chi connectivity index (χ1v) is 6.22. The number of nitrogens with zero attached hydrogens (tertiary/aromatic N) is 3. The molecular weight excluding hydrogens is 294 g/mol. The summed E-state index contributed by atoms with van der Waals surface area (Å²) in [5.41, 5.74) is 1.79. The van der Waals surface area contributed by atoms with Crippen molar-refractivity contribution in [2.24, 2.45) is 0 Å². The van der Waals surface area contributed by atoms with E-state index >= 15 is 0 Å². The lowest BCUT2D eigenvalue weighted by Crippen LogP contribution is -1.90. The largest absolute Gasteiger partial charge is 0.497 e. The topological polar surface area (TPSA) is 39.4 Å². The summed E-state index contributed by atoms with van der Waals surface area (Å²) < 4.78 is 8.15. The lowest BCUT2D eigenvalue weighted by molar-refractivity contribution is 0.414. The monoisotopic (exact) mass is 303 g/mol. The Morgan fingerprint density at radius 1 is 1.11 bits per heavy atom. The molecule has 2 heterocycles. The number of benzene rings is 1. The molecule has 0 unspecified atom stereocenters. The van der Waals surface area contributed by atoms with Crippen molar-refractivity contribution in [3.05, 3.63) is 47.1 Å². The summed E-state index contributed by atoms with van der Waals surface area (Å²) in [5.74, 6) is 1.59. The smallest absolute Gasteiger partial charge is 0.168 e. The first-order valence-electron chi connectivity index (χ1n) is 5.42. The molecule has 0 amide bonds. The van der Waals surface area contributed by atoms with Crippen molar-refractivity contribution in [2.45, 2.75) is 0 Å². The number of halogens is 1. The Morgan fingerprint density at radius 2 is 1.89 bits per heavy atom. The van der Waals surface area contributed by atoms with Gasteiger partial charge in [-0.25, -0.2) is 0 Å². The van der Waals surface area contributed by atoms with Gasteiger partial charge in [-0.15, -0.1) is 10.2 Å². The molecule has 1 aromatic carbocycles. The minimum Gasteiger partial charge on any atom is -0.497 e. The molecule has 0 radical (unpaired) electrons. The maximum Gasteiger partial charge on any atom is 0.168 e. The zero-order chi connectivity index (χ0) is 12.5. The van der Waals surface area contributed by atoms with Crippen LogP contribution in [0.5, 0.6) is 5.75 Å². The lowest BCUT2D eigenvalue weighted by atomic mass is 10.2. The number of fused-ring (bicyclic) bond motifs is 1. The number of ether oxygens (including phenoxy) is 1. The molecule has 0 N–H and O–H groups in total. The van der Waals surface area contributed by atoms with Crippen LogP contribution in [0.3, 0.4) is 0 Å². The van der Waals surface area contributed by atoms with Crippen LogP contribution >= 0.6 is 15.9 Å². The third kappa shape index (κ3) is 1.86. The molecule has 0 aliphatic rings. The normalized spacial score (nSPS) is 10.8. The van der Waals surface area contributed by atoms with Gasteiger partial charge in [-0.05, 0) is 18.2 Å². The highest BCUT2D eigenvalue weighted by Crippen LogP contribution is 2.22. The molecule has 0 aliphatic heterocycles. The summed E-state index contributed by atoms with van der Waals surface area (Å²) >= 11 is 3.42. The minimum atomic E-state index is 0.771. The third-order valence-corrected chi connectivity index (χ3v) is 3.25. The van der Waals surface area contributed by atoms with Crippen molar-refractivity contribution < 1.29 is 4.74 Å². The second kappa shape index (κ2) is 4.42. The predicted octanol–water partition coefficient (Wildman–Crippen LogP) is 3.17. The fourth-order valence-corrected chi connectivity index (χ4v) is 2.06. The zero-order valence-electron chi connectivity index (χ0n) is 9.67. The van der Waals surface area contributed by atoms with Crippen molar-refractivity contribution in [1.82, 2.24) is 14.6 Å². The molecule has 2 aromatic heterocycles. The van der Waals surface area contributed by atoms with Gasteiger partial charge in [0.15, 0.2) is 11.5 Å². The second-order valence-electron chi connectivity index (χ2n) is 3.83. The summed E-state index contributed by atoms with van der Waals surface area (Å²) in [7, 11) is 1.64. The van der Waals surface area contributed by atoms with Crippen LogP contribution in [0.2, 0.25) is 0 Å². The van der Waals surface area contributed by atoms with Gasteiger partial charge in [-0.1, -0.05) is 28.1 Å². The molecule has 0 spiro atoms. The SMILES string of the molecule is COc1ccn2c(-c3ccc(Br)cc3)nnc2c1. The highest BCUT2D eigenvalue weighted by Gasteiger charge is 2.08. The van der Waals surface area contributed by atoms with Crippen LogP contribution in [0.25, 0.3) is 17.0 Å². The van der Waals surface area contributed by atoms with Crippen LogP contribution in [0.4, 0.5) is 0 Å². The van der Waals surface area contributed by atoms with Gasteiger partial charge >= 0.3 is 0 Å². The average Bonchev–Trinajstić information content (AvgIpc) is 2.82. The lowest BCUT2D eigenvalue weighted by Gasteiger charge is -2.02. The van der Waals surface area contributed by atoms with E-state index in [0.717, 1.165) is 27.3 Å². The molecule has 3 rings (SSSR count). The van der Waals surface area contributed by atoms with Gasteiger partial charge in [0, 0.05) is 22.3 Å². The van der Waals surface area contributed by atoms with Gasteiger partial charge < -0.3 is 4.74 Å². The maximum absolute atomic E-state index is 5.17. The van der Waals surface area contributed by atoms with Gasteiger partial charge in [0.1, 0.15) is 5.75 Å². The van der Waals surface area contributed by atoms with E-state index in [4.69, 9.17) is 4.74 Å². The van der Waals surface area contributed by atoms with E-state index in [1.54, 1.807) is 7.11 Å². The molecule has 0 saturated carbocycles. The van der Waals surface area contributed by atoms with E-state index in [0.29, 0.717) is 0 Å². The van der Waals surface area contributed by atoms with E-state index in [1.165, 1.54) is 0 Å². The van der Waals surface area contributed by atoms with Crippen LogP contribution in [-0.4, -0.2) is 21.7 Å². The Kier molecular flexibility index (Phi) is 2.76. The molecule has 0 bridgehead atoms. The van der Waals surface area contributed by atoms with Gasteiger partial charge in [0.2, 0.25) is 0 Å².